The van der Waals surface area contributed by atoms with Gasteiger partial charge in [-0.3, -0.25) is 4.98 Å². The van der Waals surface area contributed by atoms with E-state index in [-0.39, 0.29) is 0 Å². The van der Waals surface area contributed by atoms with Crippen LogP contribution in [0.2, 0.25) is 0 Å². The fraction of sp³-hybridized carbons (Fsp3) is 0.643. The zero-order valence-corrected chi connectivity index (χ0v) is 11.2. The van der Waals surface area contributed by atoms with Crippen molar-refractivity contribution in [1.29, 1.82) is 0 Å². The van der Waals surface area contributed by atoms with Gasteiger partial charge in [-0.25, -0.2) is 0 Å². The minimum Gasteiger partial charge on any atom is -0.497 e. The molecule has 0 saturated carbocycles. The first-order chi connectivity index (χ1) is 8.78. The number of ether oxygens (including phenoxy) is 2. The first-order valence-electron chi connectivity index (χ1n) is 6.58. The van der Waals surface area contributed by atoms with E-state index in [1.807, 2.05) is 19.1 Å². The van der Waals surface area contributed by atoms with E-state index in [0.29, 0.717) is 5.92 Å². The molecule has 1 aliphatic heterocycles. The molecule has 0 amide bonds. The van der Waals surface area contributed by atoms with Gasteiger partial charge in [0.2, 0.25) is 0 Å². The second-order valence-corrected chi connectivity index (χ2v) is 4.85. The summed E-state index contributed by atoms with van der Waals surface area (Å²) in [5, 5.41) is 3.45. The molecule has 1 aliphatic rings. The van der Waals surface area contributed by atoms with Crippen molar-refractivity contribution < 1.29 is 9.47 Å². The summed E-state index contributed by atoms with van der Waals surface area (Å²) in [6.07, 6.45) is 2.44. The summed E-state index contributed by atoms with van der Waals surface area (Å²) in [6, 6.07) is 3.93. The summed E-state index contributed by atoms with van der Waals surface area (Å²) < 4.78 is 10.7. The minimum absolute atomic E-state index is 0.644. The van der Waals surface area contributed by atoms with Crippen LogP contribution in [0.15, 0.2) is 12.1 Å². The Morgan fingerprint density at radius 3 is 3.11 bits per heavy atom. The molecule has 1 aromatic heterocycles. The first kappa shape index (κ1) is 13.3. The van der Waals surface area contributed by atoms with Crippen LogP contribution in [0.3, 0.4) is 0 Å². The summed E-state index contributed by atoms with van der Waals surface area (Å²) in [7, 11) is 1.69. The van der Waals surface area contributed by atoms with Gasteiger partial charge in [0.15, 0.2) is 0 Å². The zero-order valence-electron chi connectivity index (χ0n) is 11.2. The highest BCUT2D eigenvalue weighted by Gasteiger charge is 2.13. The molecule has 4 heteroatoms. The van der Waals surface area contributed by atoms with Crippen LogP contribution < -0.4 is 10.1 Å². The second-order valence-electron chi connectivity index (χ2n) is 4.85. The Morgan fingerprint density at radius 2 is 2.39 bits per heavy atom. The lowest BCUT2D eigenvalue weighted by Gasteiger charge is -2.22. The van der Waals surface area contributed by atoms with Crippen molar-refractivity contribution in [1.82, 2.24) is 10.3 Å². The van der Waals surface area contributed by atoms with E-state index in [2.05, 4.69) is 10.3 Å². The molecule has 0 bridgehead atoms. The molecule has 2 heterocycles. The number of nitrogens with one attached hydrogen (secondary N) is 1. The van der Waals surface area contributed by atoms with Crippen molar-refractivity contribution in [3.63, 3.8) is 0 Å². The normalized spacial score (nSPS) is 19.8. The summed E-state index contributed by atoms with van der Waals surface area (Å²) in [5.41, 5.74) is 2.02. The van der Waals surface area contributed by atoms with E-state index in [9.17, 15) is 0 Å². The van der Waals surface area contributed by atoms with Crippen LogP contribution in [-0.4, -0.2) is 31.9 Å². The Hall–Kier alpha value is -1.13. The predicted octanol–water partition coefficient (Wildman–Crippen LogP) is 1.91. The van der Waals surface area contributed by atoms with Crippen LogP contribution in [0.5, 0.6) is 5.75 Å². The van der Waals surface area contributed by atoms with Crippen molar-refractivity contribution in [2.24, 2.45) is 5.92 Å². The Balaban J connectivity index is 1.80. The summed E-state index contributed by atoms with van der Waals surface area (Å²) in [6.45, 7) is 5.58. The van der Waals surface area contributed by atoms with Gasteiger partial charge < -0.3 is 14.8 Å². The van der Waals surface area contributed by atoms with Gasteiger partial charge in [-0.2, -0.15) is 0 Å². The molecule has 0 aliphatic carbocycles. The maximum absolute atomic E-state index is 5.46. The van der Waals surface area contributed by atoms with Gasteiger partial charge in [-0.15, -0.1) is 0 Å². The third-order valence-electron chi connectivity index (χ3n) is 3.21. The third-order valence-corrected chi connectivity index (χ3v) is 3.21. The quantitative estimate of drug-likeness (QED) is 0.867. The van der Waals surface area contributed by atoms with Crippen LogP contribution in [-0.2, 0) is 11.3 Å². The maximum atomic E-state index is 5.46. The molecule has 1 unspecified atom stereocenters. The van der Waals surface area contributed by atoms with Crippen LogP contribution >= 0.6 is 0 Å². The highest BCUT2D eigenvalue weighted by atomic mass is 16.5. The molecule has 1 fully saturated rings. The molecule has 1 N–H and O–H groups in total. The number of hydrogen-bond donors (Lipinski definition) is 1. The number of rotatable bonds is 5. The molecule has 1 saturated heterocycles. The van der Waals surface area contributed by atoms with Crippen LogP contribution in [0.4, 0.5) is 0 Å². The molecule has 100 valence electrons. The summed E-state index contributed by atoms with van der Waals surface area (Å²) >= 11 is 0. The van der Waals surface area contributed by atoms with E-state index in [0.717, 1.165) is 43.4 Å². The Labute approximate surface area is 109 Å². The third kappa shape index (κ3) is 3.96. The highest BCUT2D eigenvalue weighted by molar-refractivity contribution is 5.26. The van der Waals surface area contributed by atoms with E-state index >= 15 is 0 Å². The fourth-order valence-electron chi connectivity index (χ4n) is 2.28. The Morgan fingerprint density at radius 1 is 1.50 bits per heavy atom. The van der Waals surface area contributed by atoms with Crippen LogP contribution in [0.1, 0.15) is 24.2 Å². The van der Waals surface area contributed by atoms with Gasteiger partial charge in [-0.05, 0) is 25.7 Å². The number of nitrogens with zero attached hydrogens (tertiary/aromatic N) is 1. The molecular weight excluding hydrogens is 228 g/mol. The second kappa shape index (κ2) is 6.71. The van der Waals surface area contributed by atoms with Gasteiger partial charge >= 0.3 is 0 Å². The molecule has 0 aromatic carbocycles. The number of aryl methyl sites for hydroxylation is 1. The summed E-state index contributed by atoms with van der Waals surface area (Å²) in [4.78, 5) is 4.49. The van der Waals surface area contributed by atoms with E-state index in [4.69, 9.17) is 9.47 Å². The Kier molecular flexibility index (Phi) is 4.96. The highest BCUT2D eigenvalue weighted by Crippen LogP contribution is 2.14. The largest absolute Gasteiger partial charge is 0.497 e. The Bertz CT molecular complexity index is 376. The smallest absolute Gasteiger partial charge is 0.122 e. The lowest BCUT2D eigenvalue weighted by Crippen LogP contribution is -2.29. The van der Waals surface area contributed by atoms with E-state index < -0.39 is 0 Å². The van der Waals surface area contributed by atoms with Crippen molar-refractivity contribution in [2.75, 3.05) is 26.9 Å². The van der Waals surface area contributed by atoms with E-state index in [1.165, 1.54) is 12.8 Å². The first-order valence-corrected chi connectivity index (χ1v) is 6.58. The molecular formula is C14H22N2O2. The number of pyridine rings is 1. The fourth-order valence-corrected chi connectivity index (χ4v) is 2.28. The molecule has 1 aromatic rings. The van der Waals surface area contributed by atoms with Crippen molar-refractivity contribution >= 4 is 0 Å². The molecule has 18 heavy (non-hydrogen) atoms. The standard InChI is InChI=1S/C14H22N2O2/c1-11-6-14(17-2)7-13(16-11)9-15-8-12-4-3-5-18-10-12/h6-7,12,15H,3-5,8-10H2,1-2H3. The maximum Gasteiger partial charge on any atom is 0.122 e. The van der Waals surface area contributed by atoms with Crippen LogP contribution in [0, 0.1) is 12.8 Å². The molecule has 2 rings (SSSR count). The van der Waals surface area contributed by atoms with Gasteiger partial charge in [0.05, 0.1) is 19.4 Å². The lowest BCUT2D eigenvalue weighted by molar-refractivity contribution is 0.0547. The monoisotopic (exact) mass is 250 g/mol. The van der Waals surface area contributed by atoms with Crippen molar-refractivity contribution in [2.45, 2.75) is 26.3 Å². The van der Waals surface area contributed by atoms with Gasteiger partial charge in [-0.1, -0.05) is 0 Å². The number of hydrogen-bond acceptors (Lipinski definition) is 4. The molecule has 0 radical (unpaired) electrons. The lowest BCUT2D eigenvalue weighted by atomic mass is 10.0. The number of aromatic nitrogens is 1. The van der Waals surface area contributed by atoms with Gasteiger partial charge in [0.1, 0.15) is 5.75 Å². The average Bonchev–Trinajstić information content (AvgIpc) is 2.39. The van der Waals surface area contributed by atoms with Crippen LogP contribution in [0.25, 0.3) is 0 Å². The zero-order chi connectivity index (χ0) is 12.8. The predicted molar refractivity (Wildman–Crippen MR) is 70.8 cm³/mol. The summed E-state index contributed by atoms with van der Waals surface area (Å²) in [5.74, 6) is 1.52. The number of methoxy groups -OCH3 is 1. The van der Waals surface area contributed by atoms with Gasteiger partial charge in [0, 0.05) is 37.5 Å². The molecule has 0 spiro atoms. The average molecular weight is 250 g/mol. The van der Waals surface area contributed by atoms with Gasteiger partial charge in [0.25, 0.3) is 0 Å². The molecule has 4 nitrogen and oxygen atoms in total. The SMILES string of the molecule is COc1cc(C)nc(CNCC2CCCOC2)c1. The van der Waals surface area contributed by atoms with Crippen molar-refractivity contribution in [3.05, 3.63) is 23.5 Å². The van der Waals surface area contributed by atoms with E-state index in [1.54, 1.807) is 7.11 Å². The minimum atomic E-state index is 0.644. The molecule has 1 atom stereocenters. The topological polar surface area (TPSA) is 43.4 Å². The van der Waals surface area contributed by atoms with Crippen molar-refractivity contribution in [3.8, 4) is 5.75 Å².